The lowest BCUT2D eigenvalue weighted by Crippen LogP contribution is -2.33. The van der Waals surface area contributed by atoms with Gasteiger partial charge in [0.15, 0.2) is 0 Å². The standard InChI is InChI=1S/C20H21N5O4/c1-3-24-18(26)11-9-17(23-24)20(28)21-12-13-25-19(27)10-8-16(22-25)14-4-6-15(29-2)7-5-14/h4-11H,3,12-13H2,1-2H3,(H,21,28). The maximum Gasteiger partial charge on any atom is 0.271 e. The summed E-state index contributed by atoms with van der Waals surface area (Å²) in [4.78, 5) is 35.9. The molecular weight excluding hydrogens is 374 g/mol. The van der Waals surface area contributed by atoms with Crippen molar-refractivity contribution in [2.75, 3.05) is 13.7 Å². The fourth-order valence-corrected chi connectivity index (χ4v) is 2.69. The highest BCUT2D eigenvalue weighted by Crippen LogP contribution is 2.19. The zero-order chi connectivity index (χ0) is 20.8. The van der Waals surface area contributed by atoms with Gasteiger partial charge < -0.3 is 10.1 Å². The second-order valence-corrected chi connectivity index (χ2v) is 6.14. The Morgan fingerprint density at radius 2 is 1.66 bits per heavy atom. The van der Waals surface area contributed by atoms with Crippen molar-refractivity contribution in [2.24, 2.45) is 0 Å². The SMILES string of the molecule is CCn1nc(C(=O)NCCn2nc(-c3ccc(OC)cc3)ccc2=O)ccc1=O. The molecule has 0 radical (unpaired) electrons. The van der Waals surface area contributed by atoms with Gasteiger partial charge in [0.05, 0.1) is 19.3 Å². The second kappa shape index (κ2) is 8.96. The number of ether oxygens (including phenoxy) is 1. The maximum atomic E-state index is 12.2. The smallest absolute Gasteiger partial charge is 0.271 e. The van der Waals surface area contributed by atoms with Crippen molar-refractivity contribution in [3.63, 3.8) is 0 Å². The Balaban J connectivity index is 1.68. The molecule has 150 valence electrons. The van der Waals surface area contributed by atoms with E-state index in [1.165, 1.54) is 27.6 Å². The van der Waals surface area contributed by atoms with Crippen LogP contribution in [0.5, 0.6) is 5.75 Å². The van der Waals surface area contributed by atoms with E-state index in [2.05, 4.69) is 15.5 Å². The number of rotatable bonds is 7. The summed E-state index contributed by atoms with van der Waals surface area (Å²) in [5.41, 5.74) is 1.08. The fourth-order valence-electron chi connectivity index (χ4n) is 2.69. The lowest BCUT2D eigenvalue weighted by molar-refractivity contribution is 0.0944. The summed E-state index contributed by atoms with van der Waals surface area (Å²) in [5, 5.41) is 11.0. The van der Waals surface area contributed by atoms with Gasteiger partial charge in [-0.05, 0) is 43.3 Å². The Labute approximate surface area is 166 Å². The Hall–Kier alpha value is -3.75. The number of nitrogens with one attached hydrogen (secondary N) is 1. The van der Waals surface area contributed by atoms with Crippen molar-refractivity contribution in [1.82, 2.24) is 24.9 Å². The van der Waals surface area contributed by atoms with Crippen LogP contribution in [0.4, 0.5) is 0 Å². The maximum absolute atomic E-state index is 12.2. The van der Waals surface area contributed by atoms with Crippen molar-refractivity contribution in [2.45, 2.75) is 20.0 Å². The van der Waals surface area contributed by atoms with Crippen LogP contribution < -0.4 is 21.2 Å². The molecule has 9 heteroatoms. The van der Waals surface area contributed by atoms with Gasteiger partial charge in [-0.1, -0.05) is 0 Å². The number of hydrogen-bond donors (Lipinski definition) is 1. The first kappa shape index (κ1) is 20.0. The lowest BCUT2D eigenvalue weighted by Gasteiger charge is -2.09. The zero-order valence-corrected chi connectivity index (χ0v) is 16.2. The minimum atomic E-state index is -0.424. The van der Waals surface area contributed by atoms with Gasteiger partial charge in [0.1, 0.15) is 11.4 Å². The van der Waals surface area contributed by atoms with Crippen molar-refractivity contribution in [1.29, 1.82) is 0 Å². The Morgan fingerprint density at radius 1 is 0.966 bits per heavy atom. The summed E-state index contributed by atoms with van der Waals surface area (Å²) in [6.45, 7) is 2.52. The van der Waals surface area contributed by atoms with Crippen molar-refractivity contribution in [3.05, 3.63) is 74.9 Å². The average Bonchev–Trinajstić information content (AvgIpc) is 2.75. The van der Waals surface area contributed by atoms with Crippen LogP contribution in [0, 0.1) is 0 Å². The lowest BCUT2D eigenvalue weighted by atomic mass is 10.1. The molecule has 0 saturated carbocycles. The van der Waals surface area contributed by atoms with Crippen LogP contribution in [0.1, 0.15) is 17.4 Å². The monoisotopic (exact) mass is 395 g/mol. The van der Waals surface area contributed by atoms with E-state index in [0.717, 1.165) is 11.3 Å². The summed E-state index contributed by atoms with van der Waals surface area (Å²) in [6, 6.07) is 13.1. The number of aryl methyl sites for hydroxylation is 1. The van der Waals surface area contributed by atoms with E-state index in [1.807, 2.05) is 24.3 Å². The minimum Gasteiger partial charge on any atom is -0.497 e. The van der Waals surface area contributed by atoms with Gasteiger partial charge in [-0.3, -0.25) is 14.4 Å². The van der Waals surface area contributed by atoms with Gasteiger partial charge in [-0.2, -0.15) is 10.2 Å². The molecule has 0 unspecified atom stereocenters. The normalized spacial score (nSPS) is 10.6. The van der Waals surface area contributed by atoms with E-state index in [-0.39, 0.29) is 29.9 Å². The molecule has 2 heterocycles. The van der Waals surface area contributed by atoms with Gasteiger partial charge >= 0.3 is 0 Å². The molecule has 0 bridgehead atoms. The summed E-state index contributed by atoms with van der Waals surface area (Å²) in [5.74, 6) is 0.305. The highest BCUT2D eigenvalue weighted by atomic mass is 16.5. The first-order chi connectivity index (χ1) is 14.0. The molecule has 0 aliphatic rings. The van der Waals surface area contributed by atoms with E-state index in [4.69, 9.17) is 4.74 Å². The minimum absolute atomic E-state index is 0.138. The van der Waals surface area contributed by atoms with E-state index in [0.29, 0.717) is 12.2 Å². The second-order valence-electron chi connectivity index (χ2n) is 6.14. The third-order valence-electron chi connectivity index (χ3n) is 4.26. The first-order valence-electron chi connectivity index (χ1n) is 9.11. The largest absolute Gasteiger partial charge is 0.497 e. The molecule has 3 rings (SSSR count). The Kier molecular flexibility index (Phi) is 6.18. The molecule has 0 aliphatic heterocycles. The van der Waals surface area contributed by atoms with Crippen LogP contribution in [0.15, 0.2) is 58.1 Å². The molecule has 9 nitrogen and oxygen atoms in total. The number of hydrogen-bond acceptors (Lipinski definition) is 6. The van der Waals surface area contributed by atoms with Crippen LogP contribution >= 0.6 is 0 Å². The van der Waals surface area contributed by atoms with Crippen LogP contribution in [-0.2, 0) is 13.1 Å². The van der Waals surface area contributed by atoms with Crippen molar-refractivity contribution in [3.8, 4) is 17.0 Å². The fraction of sp³-hybridized carbons (Fsp3) is 0.250. The van der Waals surface area contributed by atoms with Crippen LogP contribution in [0.25, 0.3) is 11.3 Å². The molecule has 0 spiro atoms. The third-order valence-corrected chi connectivity index (χ3v) is 4.26. The van der Waals surface area contributed by atoms with Gasteiger partial charge in [0.25, 0.3) is 17.0 Å². The molecule has 1 N–H and O–H groups in total. The predicted molar refractivity (Wildman–Crippen MR) is 107 cm³/mol. The Morgan fingerprint density at radius 3 is 2.34 bits per heavy atom. The van der Waals surface area contributed by atoms with E-state index in [1.54, 1.807) is 20.1 Å². The summed E-state index contributed by atoms with van der Waals surface area (Å²) < 4.78 is 7.64. The van der Waals surface area contributed by atoms with E-state index in [9.17, 15) is 14.4 Å². The number of aromatic nitrogens is 4. The topological polar surface area (TPSA) is 108 Å². The molecule has 0 fully saturated rings. The number of nitrogens with zero attached hydrogens (tertiary/aromatic N) is 4. The molecule has 0 saturated heterocycles. The molecule has 29 heavy (non-hydrogen) atoms. The van der Waals surface area contributed by atoms with Gasteiger partial charge in [-0.15, -0.1) is 0 Å². The molecular formula is C20H21N5O4. The molecule has 0 aliphatic carbocycles. The van der Waals surface area contributed by atoms with Crippen molar-refractivity contribution >= 4 is 5.91 Å². The van der Waals surface area contributed by atoms with Crippen LogP contribution in [-0.4, -0.2) is 39.1 Å². The van der Waals surface area contributed by atoms with Gasteiger partial charge in [-0.25, -0.2) is 9.36 Å². The van der Waals surface area contributed by atoms with Gasteiger partial charge in [0, 0.05) is 30.8 Å². The van der Waals surface area contributed by atoms with Crippen LogP contribution in [0.3, 0.4) is 0 Å². The number of carbonyl (C=O) groups excluding carboxylic acids is 1. The zero-order valence-electron chi connectivity index (χ0n) is 16.2. The third kappa shape index (κ3) is 4.75. The summed E-state index contributed by atoms with van der Waals surface area (Å²) in [6.07, 6.45) is 0. The number of amides is 1. The highest BCUT2D eigenvalue weighted by molar-refractivity contribution is 5.91. The number of carbonyl (C=O) groups is 1. The molecule has 1 amide bonds. The van der Waals surface area contributed by atoms with Crippen LogP contribution in [0.2, 0.25) is 0 Å². The Bertz CT molecular complexity index is 1120. The molecule has 2 aromatic heterocycles. The summed E-state index contributed by atoms with van der Waals surface area (Å²) >= 11 is 0. The first-order valence-corrected chi connectivity index (χ1v) is 9.11. The highest BCUT2D eigenvalue weighted by Gasteiger charge is 2.09. The van der Waals surface area contributed by atoms with Gasteiger partial charge in [0.2, 0.25) is 0 Å². The molecule has 0 atom stereocenters. The van der Waals surface area contributed by atoms with Crippen molar-refractivity contribution < 1.29 is 9.53 Å². The number of methoxy groups -OCH3 is 1. The molecule has 1 aromatic carbocycles. The average molecular weight is 395 g/mol. The number of benzene rings is 1. The molecule has 3 aromatic rings. The van der Waals surface area contributed by atoms with E-state index < -0.39 is 5.91 Å². The predicted octanol–water partition coefficient (Wildman–Crippen LogP) is 0.925. The summed E-state index contributed by atoms with van der Waals surface area (Å²) in [7, 11) is 1.59. The van der Waals surface area contributed by atoms with E-state index >= 15 is 0 Å². The quantitative estimate of drug-likeness (QED) is 0.637.